The minimum atomic E-state index is -4.42. The Morgan fingerprint density at radius 1 is 1.25 bits per heavy atom. The molecule has 1 aromatic rings. The molecule has 1 aromatic carbocycles. The Morgan fingerprint density at radius 2 is 1.96 bits per heavy atom. The first-order valence-corrected chi connectivity index (χ1v) is 7.39. The molecule has 1 atom stereocenters. The SMILES string of the molecule is CC1CCCCN1C(N)=NC(N)=Nc1cccc(C(F)(F)F)c1.Cl. The Morgan fingerprint density at radius 3 is 2.58 bits per heavy atom. The Kier molecular flexibility index (Phi) is 6.89. The molecule has 1 heterocycles. The number of halogens is 4. The van der Waals surface area contributed by atoms with Gasteiger partial charge in [0.15, 0.2) is 5.96 Å². The monoisotopic (exact) mass is 363 g/mol. The number of piperidine rings is 1. The van der Waals surface area contributed by atoms with Gasteiger partial charge in [0.1, 0.15) is 0 Å². The number of nitrogens with zero attached hydrogens (tertiary/aromatic N) is 3. The van der Waals surface area contributed by atoms with Crippen molar-refractivity contribution < 1.29 is 13.2 Å². The normalized spacial score (nSPS) is 19.8. The molecule has 1 aliphatic rings. The summed E-state index contributed by atoms with van der Waals surface area (Å²) in [6.45, 7) is 2.83. The molecular weight excluding hydrogens is 343 g/mol. The van der Waals surface area contributed by atoms with Gasteiger partial charge in [-0.15, -0.1) is 12.4 Å². The van der Waals surface area contributed by atoms with Gasteiger partial charge in [0.05, 0.1) is 11.3 Å². The van der Waals surface area contributed by atoms with E-state index in [4.69, 9.17) is 11.5 Å². The number of aliphatic imine (C=N–C) groups is 2. The van der Waals surface area contributed by atoms with Crippen LogP contribution in [0, 0.1) is 0 Å². The topological polar surface area (TPSA) is 80.0 Å². The predicted octanol–water partition coefficient (Wildman–Crippen LogP) is 3.26. The molecule has 0 saturated carbocycles. The summed E-state index contributed by atoms with van der Waals surface area (Å²) in [6.07, 6.45) is -1.25. The van der Waals surface area contributed by atoms with Crippen LogP contribution in [0.4, 0.5) is 18.9 Å². The van der Waals surface area contributed by atoms with E-state index in [-0.39, 0.29) is 36.1 Å². The maximum atomic E-state index is 12.7. The predicted molar refractivity (Wildman–Crippen MR) is 91.6 cm³/mol. The van der Waals surface area contributed by atoms with Gasteiger partial charge >= 0.3 is 6.18 Å². The van der Waals surface area contributed by atoms with Gasteiger partial charge < -0.3 is 16.4 Å². The lowest BCUT2D eigenvalue weighted by molar-refractivity contribution is -0.137. The number of nitrogens with two attached hydrogens (primary N) is 2. The van der Waals surface area contributed by atoms with E-state index in [1.165, 1.54) is 12.1 Å². The molecule has 0 aromatic heterocycles. The molecule has 0 bridgehead atoms. The quantitative estimate of drug-likeness (QED) is 0.593. The fraction of sp³-hybridized carbons (Fsp3) is 0.467. The Bertz CT molecular complexity index is 615. The lowest BCUT2D eigenvalue weighted by Gasteiger charge is -2.34. The Hall–Kier alpha value is -1.96. The van der Waals surface area contributed by atoms with Gasteiger partial charge in [0.25, 0.3) is 0 Å². The Balaban J connectivity index is 0.00000288. The molecule has 1 aliphatic heterocycles. The molecule has 5 nitrogen and oxygen atoms in total. The van der Waals surface area contributed by atoms with Crippen LogP contribution < -0.4 is 11.5 Å². The lowest BCUT2D eigenvalue weighted by Crippen LogP contribution is -2.46. The van der Waals surface area contributed by atoms with Gasteiger partial charge in [-0.3, -0.25) is 0 Å². The first-order valence-electron chi connectivity index (χ1n) is 7.39. The van der Waals surface area contributed by atoms with Crippen LogP contribution in [0.15, 0.2) is 34.3 Å². The minimum Gasteiger partial charge on any atom is -0.369 e. The first kappa shape index (κ1) is 20.1. The molecule has 24 heavy (non-hydrogen) atoms. The summed E-state index contributed by atoms with van der Waals surface area (Å²) < 4.78 is 38.0. The molecule has 0 spiro atoms. The largest absolute Gasteiger partial charge is 0.416 e. The third-order valence-corrected chi connectivity index (χ3v) is 3.74. The van der Waals surface area contributed by atoms with Gasteiger partial charge in [-0.05, 0) is 44.4 Å². The third-order valence-electron chi connectivity index (χ3n) is 3.74. The van der Waals surface area contributed by atoms with Crippen molar-refractivity contribution in [1.29, 1.82) is 0 Å². The summed E-state index contributed by atoms with van der Waals surface area (Å²) >= 11 is 0. The molecule has 2 rings (SSSR count). The van der Waals surface area contributed by atoms with E-state index in [1.807, 2.05) is 11.8 Å². The van der Waals surface area contributed by atoms with Crippen LogP contribution in [0.5, 0.6) is 0 Å². The number of guanidine groups is 2. The summed E-state index contributed by atoms with van der Waals surface area (Å²) in [5.74, 6) is 0.0741. The van der Waals surface area contributed by atoms with Crippen LogP contribution in [-0.4, -0.2) is 29.4 Å². The zero-order valence-electron chi connectivity index (χ0n) is 13.3. The van der Waals surface area contributed by atoms with E-state index in [0.717, 1.165) is 37.9 Å². The highest BCUT2D eigenvalue weighted by atomic mass is 35.5. The van der Waals surface area contributed by atoms with Gasteiger partial charge in [-0.1, -0.05) is 6.07 Å². The van der Waals surface area contributed by atoms with Gasteiger partial charge in [0, 0.05) is 12.6 Å². The average molecular weight is 364 g/mol. The fourth-order valence-corrected chi connectivity index (χ4v) is 2.53. The lowest BCUT2D eigenvalue weighted by atomic mass is 10.0. The molecule has 1 unspecified atom stereocenters. The van der Waals surface area contributed by atoms with Crippen molar-refractivity contribution >= 4 is 30.0 Å². The molecule has 4 N–H and O–H groups in total. The van der Waals surface area contributed by atoms with E-state index in [0.29, 0.717) is 0 Å². The van der Waals surface area contributed by atoms with Gasteiger partial charge in [0.2, 0.25) is 5.96 Å². The molecule has 9 heteroatoms. The molecule has 1 saturated heterocycles. The zero-order valence-corrected chi connectivity index (χ0v) is 14.1. The second-order valence-corrected chi connectivity index (χ2v) is 5.53. The maximum Gasteiger partial charge on any atom is 0.416 e. The molecule has 134 valence electrons. The van der Waals surface area contributed by atoms with Crippen LogP contribution in [0.2, 0.25) is 0 Å². The second-order valence-electron chi connectivity index (χ2n) is 5.53. The standard InChI is InChI=1S/C15H20F3N5.ClH/c1-10-5-2-3-8-23(10)14(20)22-13(19)21-12-7-4-6-11(9-12)15(16,17)18;/h4,6-7,9-10H,2-3,5,8H2,1H3,(H4,19,20,21,22);1H. The molecule has 0 aliphatic carbocycles. The van der Waals surface area contributed by atoms with Crippen molar-refractivity contribution in [2.75, 3.05) is 6.54 Å². The second kappa shape index (κ2) is 8.23. The average Bonchev–Trinajstić information content (AvgIpc) is 2.46. The maximum absolute atomic E-state index is 12.7. The van der Waals surface area contributed by atoms with Crippen molar-refractivity contribution in [2.24, 2.45) is 21.5 Å². The number of hydrogen-bond donors (Lipinski definition) is 2. The number of hydrogen-bond acceptors (Lipinski definition) is 1. The van der Waals surface area contributed by atoms with Crippen molar-refractivity contribution in [3.63, 3.8) is 0 Å². The fourth-order valence-electron chi connectivity index (χ4n) is 2.53. The van der Waals surface area contributed by atoms with E-state index in [1.54, 1.807) is 0 Å². The summed E-state index contributed by atoms with van der Waals surface area (Å²) in [4.78, 5) is 9.83. The highest BCUT2D eigenvalue weighted by molar-refractivity contribution is 5.94. The molecule has 1 fully saturated rings. The zero-order chi connectivity index (χ0) is 17.0. The third kappa shape index (κ3) is 5.30. The smallest absolute Gasteiger partial charge is 0.369 e. The highest BCUT2D eigenvalue weighted by Gasteiger charge is 2.30. The summed E-state index contributed by atoms with van der Waals surface area (Å²) in [5.41, 5.74) is 10.9. The number of likely N-dealkylation sites (tertiary alicyclic amines) is 1. The molecule has 0 amide bonds. The van der Waals surface area contributed by atoms with E-state index >= 15 is 0 Å². The van der Waals surface area contributed by atoms with E-state index < -0.39 is 11.7 Å². The van der Waals surface area contributed by atoms with Crippen molar-refractivity contribution in [3.05, 3.63) is 29.8 Å². The number of benzene rings is 1. The summed E-state index contributed by atoms with van der Waals surface area (Å²) in [7, 11) is 0. The molecule has 0 radical (unpaired) electrons. The van der Waals surface area contributed by atoms with Crippen LogP contribution in [0.3, 0.4) is 0 Å². The Labute approximate surface area is 145 Å². The number of alkyl halides is 3. The first-order chi connectivity index (χ1) is 10.8. The van der Waals surface area contributed by atoms with Crippen LogP contribution in [-0.2, 0) is 6.18 Å². The van der Waals surface area contributed by atoms with Gasteiger partial charge in [-0.25, -0.2) is 4.99 Å². The van der Waals surface area contributed by atoms with Crippen molar-refractivity contribution in [3.8, 4) is 0 Å². The van der Waals surface area contributed by atoms with Crippen LogP contribution in [0.1, 0.15) is 31.7 Å². The van der Waals surface area contributed by atoms with E-state index in [9.17, 15) is 13.2 Å². The molecular formula is C15H21ClF3N5. The minimum absolute atomic E-state index is 0. The highest BCUT2D eigenvalue weighted by Crippen LogP contribution is 2.31. The van der Waals surface area contributed by atoms with Gasteiger partial charge in [-0.2, -0.15) is 18.2 Å². The van der Waals surface area contributed by atoms with Crippen LogP contribution in [0.25, 0.3) is 0 Å². The van der Waals surface area contributed by atoms with Crippen LogP contribution >= 0.6 is 12.4 Å². The van der Waals surface area contributed by atoms with Crippen molar-refractivity contribution in [1.82, 2.24) is 4.90 Å². The van der Waals surface area contributed by atoms with Crippen molar-refractivity contribution in [2.45, 2.75) is 38.4 Å². The summed E-state index contributed by atoms with van der Waals surface area (Å²) in [6, 6.07) is 4.85. The number of rotatable bonds is 1. The summed E-state index contributed by atoms with van der Waals surface area (Å²) in [5, 5.41) is 0. The van der Waals surface area contributed by atoms with E-state index in [2.05, 4.69) is 9.98 Å².